The minimum absolute atomic E-state index is 0.0136. The van der Waals surface area contributed by atoms with Crippen LogP contribution in [0.15, 0.2) is 18.2 Å². The zero-order valence-corrected chi connectivity index (χ0v) is 9.30. The first-order chi connectivity index (χ1) is 7.04. The minimum atomic E-state index is -0.267. The molecule has 1 aromatic carbocycles. The number of halogens is 1. The van der Waals surface area contributed by atoms with Crippen molar-refractivity contribution in [2.24, 2.45) is 0 Å². The molecule has 0 bridgehead atoms. The fourth-order valence-electron chi connectivity index (χ4n) is 1.15. The molecule has 0 heterocycles. The summed E-state index contributed by atoms with van der Waals surface area (Å²) in [5.41, 5.74) is 0.792. The third-order valence-electron chi connectivity index (χ3n) is 2.04. The fraction of sp³-hybridized carbons (Fsp3) is 0.300. The van der Waals surface area contributed by atoms with E-state index in [1.54, 1.807) is 19.2 Å². The minimum Gasteiger partial charge on any atom is -0.506 e. The molecule has 1 atom stereocenters. The number of phenols is 1. The van der Waals surface area contributed by atoms with Crippen molar-refractivity contribution in [3.8, 4) is 5.75 Å². The highest BCUT2D eigenvalue weighted by atomic mass is 35.5. The Balaban J connectivity index is 2.78. The Morgan fingerprint density at radius 3 is 2.73 bits per heavy atom. The molecule has 5 heteroatoms. The van der Waals surface area contributed by atoms with Crippen LogP contribution in [0, 0.1) is 0 Å². The Morgan fingerprint density at radius 1 is 1.53 bits per heavy atom. The van der Waals surface area contributed by atoms with Gasteiger partial charge in [0.25, 0.3) is 0 Å². The van der Waals surface area contributed by atoms with Crippen LogP contribution in [0.2, 0.25) is 5.02 Å². The van der Waals surface area contributed by atoms with E-state index in [2.05, 4.69) is 10.6 Å². The molecule has 0 unspecified atom stereocenters. The van der Waals surface area contributed by atoms with Crippen LogP contribution in [0.1, 0.15) is 18.5 Å². The molecule has 1 rings (SSSR count). The predicted molar refractivity (Wildman–Crippen MR) is 59.1 cm³/mol. The van der Waals surface area contributed by atoms with Crippen molar-refractivity contribution < 1.29 is 9.90 Å². The van der Waals surface area contributed by atoms with Crippen molar-refractivity contribution in [3.05, 3.63) is 28.8 Å². The van der Waals surface area contributed by atoms with Crippen molar-refractivity contribution in [1.29, 1.82) is 0 Å². The zero-order valence-electron chi connectivity index (χ0n) is 8.54. The fourth-order valence-corrected chi connectivity index (χ4v) is 1.27. The number of phenolic OH excluding ortho intramolecular Hbond substituents is 1. The number of hydrogen-bond donors (Lipinski definition) is 3. The van der Waals surface area contributed by atoms with Gasteiger partial charge in [-0.1, -0.05) is 17.7 Å². The lowest BCUT2D eigenvalue weighted by molar-refractivity contribution is 0.240. The Hall–Kier alpha value is -1.42. The number of carbonyl (C=O) groups is 1. The van der Waals surface area contributed by atoms with E-state index in [1.807, 2.05) is 6.92 Å². The average Bonchev–Trinajstić information content (AvgIpc) is 2.21. The molecule has 0 aliphatic carbocycles. The molecule has 0 aliphatic heterocycles. The molecule has 0 spiro atoms. The highest BCUT2D eigenvalue weighted by molar-refractivity contribution is 6.32. The summed E-state index contributed by atoms with van der Waals surface area (Å²) in [5, 5.41) is 14.8. The summed E-state index contributed by atoms with van der Waals surface area (Å²) < 4.78 is 0. The molecule has 2 amide bonds. The standard InChI is InChI=1S/C10H13ClN2O2/c1-6(13-10(15)12-2)7-3-4-8(11)9(14)5-7/h3-6,14H,1-2H3,(H2,12,13,15)/t6-/m1/s1. The molecule has 0 radical (unpaired) electrons. The lowest BCUT2D eigenvalue weighted by Gasteiger charge is -2.14. The first kappa shape index (κ1) is 11.7. The van der Waals surface area contributed by atoms with Gasteiger partial charge < -0.3 is 15.7 Å². The van der Waals surface area contributed by atoms with Crippen LogP contribution in [0.25, 0.3) is 0 Å². The van der Waals surface area contributed by atoms with E-state index in [4.69, 9.17) is 11.6 Å². The first-order valence-electron chi connectivity index (χ1n) is 4.51. The lowest BCUT2D eigenvalue weighted by atomic mass is 10.1. The van der Waals surface area contributed by atoms with Crippen LogP contribution in [0.5, 0.6) is 5.75 Å². The van der Waals surface area contributed by atoms with Gasteiger partial charge in [-0.3, -0.25) is 0 Å². The summed E-state index contributed by atoms with van der Waals surface area (Å²) in [7, 11) is 1.54. The molecule has 1 aromatic rings. The molecule has 0 saturated heterocycles. The number of aromatic hydroxyl groups is 1. The molecule has 82 valence electrons. The number of hydrogen-bond acceptors (Lipinski definition) is 2. The third kappa shape index (κ3) is 3.02. The Labute approximate surface area is 93.2 Å². The van der Waals surface area contributed by atoms with Crippen molar-refractivity contribution in [3.63, 3.8) is 0 Å². The van der Waals surface area contributed by atoms with Crippen LogP contribution in [-0.2, 0) is 0 Å². The Bertz CT molecular complexity index is 368. The lowest BCUT2D eigenvalue weighted by Crippen LogP contribution is -2.34. The maximum atomic E-state index is 11.0. The number of rotatable bonds is 2. The highest BCUT2D eigenvalue weighted by Crippen LogP contribution is 2.26. The Morgan fingerprint density at radius 2 is 2.20 bits per heavy atom. The van der Waals surface area contributed by atoms with Gasteiger partial charge in [-0.25, -0.2) is 4.79 Å². The summed E-state index contributed by atoms with van der Waals surface area (Å²) in [6.45, 7) is 1.82. The van der Waals surface area contributed by atoms with Gasteiger partial charge in [-0.15, -0.1) is 0 Å². The van der Waals surface area contributed by atoms with E-state index in [-0.39, 0.29) is 17.8 Å². The van der Waals surface area contributed by atoms with Crippen LogP contribution in [0.4, 0.5) is 4.79 Å². The van der Waals surface area contributed by atoms with Gasteiger partial charge in [-0.05, 0) is 24.6 Å². The van der Waals surface area contributed by atoms with E-state index in [0.29, 0.717) is 5.02 Å². The molecule has 4 nitrogen and oxygen atoms in total. The Kier molecular flexibility index (Phi) is 3.80. The normalized spacial score (nSPS) is 11.9. The second kappa shape index (κ2) is 4.89. The molecule has 3 N–H and O–H groups in total. The maximum Gasteiger partial charge on any atom is 0.315 e. The van der Waals surface area contributed by atoms with Crippen LogP contribution >= 0.6 is 11.6 Å². The molecule has 0 aliphatic rings. The second-order valence-electron chi connectivity index (χ2n) is 3.16. The first-order valence-corrected chi connectivity index (χ1v) is 4.89. The summed E-state index contributed by atoms with van der Waals surface area (Å²) >= 11 is 5.67. The zero-order chi connectivity index (χ0) is 11.4. The predicted octanol–water partition coefficient (Wildman–Crippen LogP) is 2.04. The molecular formula is C10H13ClN2O2. The van der Waals surface area contributed by atoms with E-state index in [9.17, 15) is 9.90 Å². The maximum absolute atomic E-state index is 11.0. The van der Waals surface area contributed by atoms with Gasteiger partial charge in [0.2, 0.25) is 0 Å². The van der Waals surface area contributed by atoms with Crippen LogP contribution in [-0.4, -0.2) is 18.2 Å². The second-order valence-corrected chi connectivity index (χ2v) is 3.56. The molecule has 0 fully saturated rings. The smallest absolute Gasteiger partial charge is 0.315 e. The molecule has 15 heavy (non-hydrogen) atoms. The number of benzene rings is 1. The van der Waals surface area contributed by atoms with E-state index in [0.717, 1.165) is 5.56 Å². The van der Waals surface area contributed by atoms with Gasteiger partial charge in [-0.2, -0.15) is 0 Å². The number of carbonyl (C=O) groups excluding carboxylic acids is 1. The van der Waals surface area contributed by atoms with Gasteiger partial charge in [0.05, 0.1) is 11.1 Å². The summed E-state index contributed by atoms with van der Waals surface area (Å²) in [4.78, 5) is 11.0. The van der Waals surface area contributed by atoms with Gasteiger partial charge >= 0.3 is 6.03 Å². The van der Waals surface area contributed by atoms with Crippen molar-refractivity contribution in [1.82, 2.24) is 10.6 Å². The number of urea groups is 1. The van der Waals surface area contributed by atoms with E-state index >= 15 is 0 Å². The van der Waals surface area contributed by atoms with Gasteiger partial charge in [0.15, 0.2) is 0 Å². The van der Waals surface area contributed by atoms with Crippen molar-refractivity contribution in [2.75, 3.05) is 7.05 Å². The van der Waals surface area contributed by atoms with Gasteiger partial charge in [0.1, 0.15) is 5.75 Å². The molecular weight excluding hydrogens is 216 g/mol. The van der Waals surface area contributed by atoms with Crippen molar-refractivity contribution >= 4 is 17.6 Å². The van der Waals surface area contributed by atoms with E-state index in [1.165, 1.54) is 6.07 Å². The molecule has 0 aromatic heterocycles. The number of amides is 2. The summed E-state index contributed by atoms with van der Waals surface area (Å²) in [6, 6.07) is 4.42. The largest absolute Gasteiger partial charge is 0.506 e. The third-order valence-corrected chi connectivity index (χ3v) is 2.36. The highest BCUT2D eigenvalue weighted by Gasteiger charge is 2.09. The van der Waals surface area contributed by atoms with E-state index < -0.39 is 0 Å². The monoisotopic (exact) mass is 228 g/mol. The van der Waals surface area contributed by atoms with Crippen LogP contribution in [0.3, 0.4) is 0 Å². The topological polar surface area (TPSA) is 61.4 Å². The van der Waals surface area contributed by atoms with Crippen molar-refractivity contribution in [2.45, 2.75) is 13.0 Å². The van der Waals surface area contributed by atoms with Crippen LogP contribution < -0.4 is 10.6 Å². The van der Waals surface area contributed by atoms with Gasteiger partial charge in [0, 0.05) is 7.05 Å². The number of nitrogens with one attached hydrogen (secondary N) is 2. The summed E-state index contributed by atoms with van der Waals surface area (Å²) in [6.07, 6.45) is 0. The SMILES string of the molecule is CNC(=O)N[C@H](C)c1ccc(Cl)c(O)c1. The average molecular weight is 229 g/mol. The summed E-state index contributed by atoms with van der Waals surface area (Å²) in [5.74, 6) is 0.0136. The quantitative estimate of drug-likeness (QED) is 0.726. The molecule has 0 saturated carbocycles.